The molecule has 1 aromatic rings. The summed E-state index contributed by atoms with van der Waals surface area (Å²) in [6.07, 6.45) is 6.15. The van der Waals surface area contributed by atoms with Crippen molar-refractivity contribution in [1.29, 1.82) is 0 Å². The van der Waals surface area contributed by atoms with Gasteiger partial charge in [-0.2, -0.15) is 0 Å². The lowest BCUT2D eigenvalue weighted by Crippen LogP contribution is -2.52. The Bertz CT molecular complexity index is 453. The number of pyridine rings is 1. The summed E-state index contributed by atoms with van der Waals surface area (Å²) in [6.45, 7) is 4.19. The van der Waals surface area contributed by atoms with E-state index in [1.165, 1.54) is 12.8 Å². The standard InChI is InChI=1S/C15H21BrN2O/c1-11-3-6-15(10-16,7-4-11)18-14(19)13-5-8-17-12(2)9-13/h5,8-9,11H,3-4,6-7,10H2,1-2H3,(H,18,19). The lowest BCUT2D eigenvalue weighted by atomic mass is 9.78. The largest absolute Gasteiger partial charge is 0.346 e. The van der Waals surface area contributed by atoms with Gasteiger partial charge in [-0.3, -0.25) is 9.78 Å². The molecule has 2 rings (SSSR count). The molecule has 19 heavy (non-hydrogen) atoms. The van der Waals surface area contributed by atoms with Crippen LogP contribution in [0.25, 0.3) is 0 Å². The fourth-order valence-corrected chi connectivity index (χ4v) is 3.31. The van der Waals surface area contributed by atoms with Crippen LogP contribution in [0.2, 0.25) is 0 Å². The van der Waals surface area contributed by atoms with Crippen LogP contribution in [0.15, 0.2) is 18.3 Å². The van der Waals surface area contributed by atoms with E-state index < -0.39 is 0 Å². The van der Waals surface area contributed by atoms with E-state index in [0.717, 1.165) is 29.8 Å². The van der Waals surface area contributed by atoms with Gasteiger partial charge >= 0.3 is 0 Å². The molecule has 0 saturated heterocycles. The summed E-state index contributed by atoms with van der Waals surface area (Å²) in [5.41, 5.74) is 1.49. The first-order valence-electron chi connectivity index (χ1n) is 6.86. The monoisotopic (exact) mass is 324 g/mol. The molecule has 0 aliphatic heterocycles. The molecule has 1 aromatic heterocycles. The van der Waals surface area contributed by atoms with Gasteiger partial charge in [-0.05, 0) is 50.7 Å². The molecule has 104 valence electrons. The van der Waals surface area contributed by atoms with Crippen molar-refractivity contribution in [1.82, 2.24) is 10.3 Å². The van der Waals surface area contributed by atoms with E-state index in [2.05, 4.69) is 33.2 Å². The minimum absolute atomic E-state index is 0.0134. The highest BCUT2D eigenvalue weighted by atomic mass is 79.9. The number of aryl methyl sites for hydroxylation is 1. The molecule has 0 unspecified atom stereocenters. The van der Waals surface area contributed by atoms with E-state index in [1.54, 1.807) is 12.3 Å². The second kappa shape index (κ2) is 6.04. The third-order valence-electron chi connectivity index (χ3n) is 4.02. The van der Waals surface area contributed by atoms with Gasteiger partial charge in [-0.15, -0.1) is 0 Å². The van der Waals surface area contributed by atoms with Crippen LogP contribution in [-0.2, 0) is 0 Å². The van der Waals surface area contributed by atoms with Crippen molar-refractivity contribution >= 4 is 21.8 Å². The van der Waals surface area contributed by atoms with Gasteiger partial charge in [-0.25, -0.2) is 0 Å². The molecule has 1 saturated carbocycles. The molecule has 0 atom stereocenters. The summed E-state index contributed by atoms with van der Waals surface area (Å²) >= 11 is 3.58. The van der Waals surface area contributed by atoms with E-state index in [-0.39, 0.29) is 11.4 Å². The first-order valence-corrected chi connectivity index (χ1v) is 7.98. The predicted octanol–water partition coefficient (Wildman–Crippen LogP) is 3.46. The molecule has 4 heteroatoms. The Morgan fingerprint density at radius 1 is 1.53 bits per heavy atom. The average molecular weight is 325 g/mol. The van der Waals surface area contributed by atoms with Crippen LogP contribution in [0.5, 0.6) is 0 Å². The fourth-order valence-electron chi connectivity index (χ4n) is 2.61. The van der Waals surface area contributed by atoms with Gasteiger partial charge in [0.15, 0.2) is 0 Å². The minimum atomic E-state index is -0.0826. The van der Waals surface area contributed by atoms with Crippen LogP contribution in [0.3, 0.4) is 0 Å². The van der Waals surface area contributed by atoms with Crippen LogP contribution >= 0.6 is 15.9 Å². The van der Waals surface area contributed by atoms with Crippen molar-refractivity contribution in [2.24, 2.45) is 5.92 Å². The molecule has 0 radical (unpaired) electrons. The number of carbonyl (C=O) groups is 1. The van der Waals surface area contributed by atoms with Crippen LogP contribution < -0.4 is 5.32 Å². The van der Waals surface area contributed by atoms with Crippen molar-refractivity contribution in [2.45, 2.75) is 45.1 Å². The van der Waals surface area contributed by atoms with Crippen LogP contribution in [0.1, 0.15) is 48.7 Å². The molecule has 1 aliphatic rings. The zero-order chi connectivity index (χ0) is 13.9. The SMILES string of the molecule is Cc1cc(C(=O)NC2(CBr)CCC(C)CC2)ccn1. The highest BCUT2D eigenvalue weighted by molar-refractivity contribution is 9.09. The van der Waals surface area contributed by atoms with Crippen LogP contribution in [0.4, 0.5) is 0 Å². The van der Waals surface area contributed by atoms with E-state index in [1.807, 2.05) is 13.0 Å². The van der Waals surface area contributed by atoms with Crippen LogP contribution in [-0.4, -0.2) is 21.8 Å². The maximum Gasteiger partial charge on any atom is 0.251 e. The Morgan fingerprint density at radius 3 is 2.79 bits per heavy atom. The lowest BCUT2D eigenvalue weighted by molar-refractivity contribution is 0.0874. The van der Waals surface area contributed by atoms with Gasteiger partial charge < -0.3 is 5.32 Å². The average Bonchev–Trinajstić information content (AvgIpc) is 2.42. The summed E-state index contributed by atoms with van der Waals surface area (Å²) in [5.74, 6) is 0.784. The Kier molecular flexibility index (Phi) is 4.61. The molecule has 1 heterocycles. The molecule has 0 aromatic carbocycles. The highest BCUT2D eigenvalue weighted by Crippen LogP contribution is 2.33. The van der Waals surface area contributed by atoms with E-state index in [9.17, 15) is 4.79 Å². The number of nitrogens with zero attached hydrogens (tertiary/aromatic N) is 1. The zero-order valence-electron chi connectivity index (χ0n) is 11.6. The summed E-state index contributed by atoms with van der Waals surface area (Å²) < 4.78 is 0. The number of amides is 1. The van der Waals surface area contributed by atoms with E-state index >= 15 is 0 Å². The van der Waals surface area contributed by atoms with Gasteiger partial charge in [0.25, 0.3) is 5.91 Å². The van der Waals surface area contributed by atoms with Crippen molar-refractivity contribution in [3.8, 4) is 0 Å². The molecule has 1 amide bonds. The third kappa shape index (κ3) is 3.56. The number of hydrogen-bond donors (Lipinski definition) is 1. The van der Waals surface area contributed by atoms with Crippen molar-refractivity contribution < 1.29 is 4.79 Å². The molecule has 1 aliphatic carbocycles. The predicted molar refractivity (Wildman–Crippen MR) is 80.6 cm³/mol. The molecule has 1 fully saturated rings. The van der Waals surface area contributed by atoms with Crippen molar-refractivity contribution in [2.75, 3.05) is 5.33 Å². The summed E-state index contributed by atoms with van der Waals surface area (Å²) in [4.78, 5) is 16.5. The maximum atomic E-state index is 12.4. The third-order valence-corrected chi connectivity index (χ3v) is 5.10. The zero-order valence-corrected chi connectivity index (χ0v) is 13.2. The number of aromatic nitrogens is 1. The van der Waals surface area contributed by atoms with Crippen molar-refractivity contribution in [3.63, 3.8) is 0 Å². The first kappa shape index (κ1) is 14.5. The highest BCUT2D eigenvalue weighted by Gasteiger charge is 2.34. The summed E-state index contributed by atoms with van der Waals surface area (Å²) in [6, 6.07) is 3.61. The fraction of sp³-hybridized carbons (Fsp3) is 0.600. The summed E-state index contributed by atoms with van der Waals surface area (Å²) in [5, 5.41) is 4.05. The van der Waals surface area contributed by atoms with Gasteiger partial charge in [-0.1, -0.05) is 22.9 Å². The molecule has 1 N–H and O–H groups in total. The van der Waals surface area contributed by atoms with Gasteiger partial charge in [0.1, 0.15) is 0 Å². The number of nitrogens with one attached hydrogen (secondary N) is 1. The quantitative estimate of drug-likeness (QED) is 0.865. The smallest absolute Gasteiger partial charge is 0.251 e. The molecular formula is C15H21BrN2O. The summed E-state index contributed by atoms with van der Waals surface area (Å²) in [7, 11) is 0. The van der Waals surface area contributed by atoms with Gasteiger partial charge in [0, 0.05) is 22.8 Å². The molecule has 0 bridgehead atoms. The number of hydrogen-bond acceptors (Lipinski definition) is 2. The van der Waals surface area contributed by atoms with E-state index in [0.29, 0.717) is 5.56 Å². The number of halogens is 1. The number of alkyl halides is 1. The van der Waals surface area contributed by atoms with Gasteiger partial charge in [0.05, 0.1) is 5.54 Å². The minimum Gasteiger partial charge on any atom is -0.346 e. The Labute approximate surface area is 123 Å². The Balaban J connectivity index is 2.08. The molecule has 0 spiro atoms. The second-order valence-electron chi connectivity index (χ2n) is 5.74. The normalized spacial score (nSPS) is 27.0. The lowest BCUT2D eigenvalue weighted by Gasteiger charge is -2.39. The number of carbonyl (C=O) groups excluding carboxylic acids is 1. The molecule has 3 nitrogen and oxygen atoms in total. The second-order valence-corrected chi connectivity index (χ2v) is 6.30. The molecular weight excluding hydrogens is 304 g/mol. The maximum absolute atomic E-state index is 12.4. The topological polar surface area (TPSA) is 42.0 Å². The van der Waals surface area contributed by atoms with Crippen molar-refractivity contribution in [3.05, 3.63) is 29.6 Å². The van der Waals surface area contributed by atoms with Gasteiger partial charge in [0.2, 0.25) is 0 Å². The first-order chi connectivity index (χ1) is 9.04. The Morgan fingerprint density at radius 2 is 2.21 bits per heavy atom. The Hall–Kier alpha value is -0.900. The number of rotatable bonds is 3. The van der Waals surface area contributed by atoms with Crippen LogP contribution in [0, 0.1) is 12.8 Å². The van der Waals surface area contributed by atoms with E-state index in [4.69, 9.17) is 0 Å².